The predicted molar refractivity (Wildman–Crippen MR) is 59.1 cm³/mol. The van der Waals surface area contributed by atoms with Gasteiger partial charge in [0, 0.05) is 7.05 Å². The molecule has 0 saturated heterocycles. The average molecular weight is 245 g/mol. The van der Waals surface area contributed by atoms with Crippen molar-refractivity contribution in [3.05, 3.63) is 23.8 Å². The summed E-state index contributed by atoms with van der Waals surface area (Å²) < 4.78 is 24.7. The van der Waals surface area contributed by atoms with Crippen molar-refractivity contribution in [2.75, 3.05) is 7.05 Å². The van der Waals surface area contributed by atoms with E-state index in [0.29, 0.717) is 5.69 Å². The summed E-state index contributed by atoms with van der Waals surface area (Å²) in [5.41, 5.74) is 1.35. The molecule has 1 heterocycles. The van der Waals surface area contributed by atoms with Crippen LogP contribution < -0.4 is 0 Å². The Morgan fingerprint density at radius 2 is 2.07 bits per heavy atom. The maximum absolute atomic E-state index is 11.9. The molecule has 0 aliphatic carbocycles. The number of halogens is 1. The fourth-order valence-electron chi connectivity index (χ4n) is 1.35. The molecule has 0 fully saturated rings. The molecule has 0 unspecified atom stereocenters. The van der Waals surface area contributed by atoms with Gasteiger partial charge in [-0.15, -0.1) is 0 Å². The first-order chi connectivity index (χ1) is 6.93. The fraction of sp³-hybridized carbons (Fsp3) is 0.222. The standard InChI is InChI=1S/C9H9ClN2O2S/c1-6-3-4-8-7(5-6)11-9(10)12(2)15(8,13)14/h3-5H,1-2H3. The summed E-state index contributed by atoms with van der Waals surface area (Å²) in [5, 5.41) is -0.0342. The molecule has 1 aliphatic rings. The normalized spacial score (nSPS) is 18.3. The van der Waals surface area contributed by atoms with Gasteiger partial charge < -0.3 is 0 Å². The Labute approximate surface area is 93.2 Å². The molecule has 1 aromatic rings. The van der Waals surface area contributed by atoms with E-state index in [1.165, 1.54) is 7.05 Å². The van der Waals surface area contributed by atoms with Gasteiger partial charge in [0.25, 0.3) is 10.0 Å². The number of nitrogens with zero attached hydrogens (tertiary/aromatic N) is 2. The number of aliphatic imine (C=N–C) groups is 1. The number of sulfonamides is 1. The van der Waals surface area contributed by atoms with Crippen LogP contribution in [0.5, 0.6) is 0 Å². The van der Waals surface area contributed by atoms with E-state index in [1.807, 2.05) is 6.92 Å². The molecule has 1 aromatic carbocycles. The minimum atomic E-state index is -3.52. The molecule has 4 nitrogen and oxygen atoms in total. The third kappa shape index (κ3) is 1.52. The van der Waals surface area contributed by atoms with Crippen molar-refractivity contribution < 1.29 is 8.42 Å². The van der Waals surface area contributed by atoms with Gasteiger partial charge in [0.05, 0.1) is 5.69 Å². The van der Waals surface area contributed by atoms with E-state index in [1.54, 1.807) is 18.2 Å². The summed E-state index contributed by atoms with van der Waals surface area (Å²) in [4.78, 5) is 4.21. The van der Waals surface area contributed by atoms with E-state index in [0.717, 1.165) is 9.87 Å². The van der Waals surface area contributed by atoms with E-state index in [-0.39, 0.29) is 10.2 Å². The zero-order valence-corrected chi connectivity index (χ0v) is 9.80. The lowest BCUT2D eigenvalue weighted by molar-refractivity contribution is 0.552. The van der Waals surface area contributed by atoms with E-state index in [9.17, 15) is 8.42 Å². The van der Waals surface area contributed by atoms with E-state index in [2.05, 4.69) is 4.99 Å². The molecular weight excluding hydrogens is 236 g/mol. The van der Waals surface area contributed by atoms with Crippen molar-refractivity contribution in [2.45, 2.75) is 11.8 Å². The van der Waals surface area contributed by atoms with Crippen LogP contribution in [0.3, 0.4) is 0 Å². The Bertz CT molecular complexity index is 551. The first-order valence-electron chi connectivity index (χ1n) is 4.27. The molecule has 2 rings (SSSR count). The molecule has 6 heteroatoms. The number of fused-ring (bicyclic) bond motifs is 1. The highest BCUT2D eigenvalue weighted by Crippen LogP contribution is 2.32. The molecule has 80 valence electrons. The van der Waals surface area contributed by atoms with Crippen molar-refractivity contribution in [1.29, 1.82) is 0 Å². The van der Waals surface area contributed by atoms with E-state index in [4.69, 9.17) is 11.6 Å². The van der Waals surface area contributed by atoms with Gasteiger partial charge in [-0.2, -0.15) is 0 Å². The van der Waals surface area contributed by atoms with Gasteiger partial charge in [-0.25, -0.2) is 17.7 Å². The Morgan fingerprint density at radius 3 is 2.73 bits per heavy atom. The monoisotopic (exact) mass is 244 g/mol. The lowest BCUT2D eigenvalue weighted by Crippen LogP contribution is -2.32. The summed E-state index contributed by atoms with van der Waals surface area (Å²) in [6.07, 6.45) is 0. The van der Waals surface area contributed by atoms with Crippen LogP contribution in [0.2, 0.25) is 0 Å². The summed E-state index contributed by atoms with van der Waals surface area (Å²) in [7, 11) is -2.14. The van der Waals surface area contributed by atoms with Crippen molar-refractivity contribution in [1.82, 2.24) is 4.31 Å². The second kappa shape index (κ2) is 3.21. The first-order valence-corrected chi connectivity index (χ1v) is 6.08. The third-order valence-corrected chi connectivity index (χ3v) is 4.46. The van der Waals surface area contributed by atoms with Crippen molar-refractivity contribution in [2.24, 2.45) is 4.99 Å². The second-order valence-electron chi connectivity index (χ2n) is 3.32. The zero-order chi connectivity index (χ0) is 11.2. The van der Waals surface area contributed by atoms with E-state index < -0.39 is 10.0 Å². The topological polar surface area (TPSA) is 49.7 Å². The van der Waals surface area contributed by atoms with Crippen molar-refractivity contribution in [3.63, 3.8) is 0 Å². The van der Waals surface area contributed by atoms with Gasteiger partial charge in [-0.05, 0) is 36.2 Å². The molecule has 15 heavy (non-hydrogen) atoms. The smallest absolute Gasteiger partial charge is 0.243 e. The Morgan fingerprint density at radius 1 is 1.40 bits per heavy atom. The third-order valence-electron chi connectivity index (χ3n) is 2.23. The van der Waals surface area contributed by atoms with Crippen LogP contribution in [0.4, 0.5) is 5.69 Å². The molecule has 0 spiro atoms. The molecule has 0 saturated carbocycles. The van der Waals surface area contributed by atoms with Crippen LogP contribution in [-0.2, 0) is 10.0 Å². The lowest BCUT2D eigenvalue weighted by atomic mass is 10.2. The summed E-state index contributed by atoms with van der Waals surface area (Å²) >= 11 is 5.73. The predicted octanol–water partition coefficient (Wildman–Crippen LogP) is 1.86. The zero-order valence-electron chi connectivity index (χ0n) is 8.23. The Kier molecular flexibility index (Phi) is 2.24. The number of hydrogen-bond donors (Lipinski definition) is 0. The summed E-state index contributed by atoms with van der Waals surface area (Å²) in [6, 6.07) is 4.98. The molecular formula is C9H9ClN2O2S. The number of rotatable bonds is 0. The maximum atomic E-state index is 11.9. The van der Waals surface area contributed by atoms with Crippen LogP contribution in [0.1, 0.15) is 5.56 Å². The minimum absolute atomic E-state index is 0.0342. The highest BCUT2D eigenvalue weighted by Gasteiger charge is 2.30. The lowest BCUT2D eigenvalue weighted by Gasteiger charge is -2.22. The van der Waals surface area contributed by atoms with Gasteiger partial charge in [0.15, 0.2) is 0 Å². The van der Waals surface area contributed by atoms with Crippen molar-refractivity contribution in [3.8, 4) is 0 Å². The summed E-state index contributed by atoms with van der Waals surface area (Å²) in [6.45, 7) is 1.87. The van der Waals surface area contributed by atoms with Gasteiger partial charge in [-0.1, -0.05) is 6.07 Å². The first kappa shape index (κ1) is 10.4. The van der Waals surface area contributed by atoms with Crippen LogP contribution in [0, 0.1) is 6.92 Å². The highest BCUT2D eigenvalue weighted by atomic mass is 35.5. The molecule has 0 N–H and O–H groups in total. The van der Waals surface area contributed by atoms with Crippen molar-refractivity contribution >= 4 is 32.6 Å². The largest absolute Gasteiger partial charge is 0.268 e. The molecule has 1 aliphatic heterocycles. The van der Waals surface area contributed by atoms with Crippen LogP contribution in [0.25, 0.3) is 0 Å². The molecule has 0 atom stereocenters. The molecule has 0 aromatic heterocycles. The SMILES string of the molecule is Cc1ccc2c(c1)N=C(Cl)N(C)S2(=O)=O. The van der Waals surface area contributed by atoms with Crippen LogP contribution >= 0.6 is 11.6 Å². The molecule has 0 radical (unpaired) electrons. The van der Waals surface area contributed by atoms with Gasteiger partial charge in [0.1, 0.15) is 4.90 Å². The Hall–Kier alpha value is -1.07. The van der Waals surface area contributed by atoms with Gasteiger partial charge in [-0.3, -0.25) is 0 Å². The molecule has 0 amide bonds. The number of hydrogen-bond acceptors (Lipinski definition) is 3. The number of aryl methyl sites for hydroxylation is 1. The van der Waals surface area contributed by atoms with Crippen LogP contribution in [0.15, 0.2) is 28.1 Å². The average Bonchev–Trinajstić information content (AvgIpc) is 2.14. The number of benzene rings is 1. The minimum Gasteiger partial charge on any atom is -0.243 e. The molecule has 0 bridgehead atoms. The quantitative estimate of drug-likeness (QED) is 0.654. The highest BCUT2D eigenvalue weighted by molar-refractivity contribution is 7.90. The Balaban J connectivity index is 2.78. The van der Waals surface area contributed by atoms with Crippen LogP contribution in [-0.4, -0.2) is 25.1 Å². The summed E-state index contributed by atoms with van der Waals surface area (Å²) in [5.74, 6) is 0. The van der Waals surface area contributed by atoms with E-state index >= 15 is 0 Å². The fourth-order valence-corrected chi connectivity index (χ4v) is 2.86. The maximum Gasteiger partial charge on any atom is 0.268 e. The second-order valence-corrected chi connectivity index (χ2v) is 5.60. The number of amidine groups is 1. The van der Waals surface area contributed by atoms with Gasteiger partial charge >= 0.3 is 0 Å². The van der Waals surface area contributed by atoms with Gasteiger partial charge in [0.2, 0.25) is 5.29 Å².